The molecule has 0 atom stereocenters. The van der Waals surface area contributed by atoms with E-state index < -0.39 is 0 Å². The normalized spacial score (nSPS) is 17.8. The fourth-order valence-corrected chi connectivity index (χ4v) is 2.54. The van der Waals surface area contributed by atoms with Crippen LogP contribution >= 0.6 is 0 Å². The molecule has 0 radical (unpaired) electrons. The van der Waals surface area contributed by atoms with Crippen molar-refractivity contribution in [2.45, 2.75) is 58.0 Å². The monoisotopic (exact) mass is 260 g/mol. The molecule has 1 aromatic rings. The molecule has 0 heterocycles. The molecule has 0 saturated heterocycles. The van der Waals surface area contributed by atoms with Gasteiger partial charge >= 0.3 is 0 Å². The van der Waals surface area contributed by atoms with Crippen LogP contribution in [0.3, 0.4) is 0 Å². The summed E-state index contributed by atoms with van der Waals surface area (Å²) in [6.07, 6.45) is 2.36. The zero-order chi connectivity index (χ0) is 14.3. The van der Waals surface area contributed by atoms with Crippen molar-refractivity contribution in [2.75, 3.05) is 13.6 Å². The van der Waals surface area contributed by atoms with E-state index >= 15 is 0 Å². The Hall–Kier alpha value is -0.860. The van der Waals surface area contributed by atoms with Gasteiger partial charge in [-0.3, -0.25) is 0 Å². The summed E-state index contributed by atoms with van der Waals surface area (Å²) in [6.45, 7) is 11.0. The predicted molar refractivity (Wildman–Crippen MR) is 82.4 cm³/mol. The molecule has 106 valence electrons. The number of nitrogens with two attached hydrogens (primary N) is 1. The summed E-state index contributed by atoms with van der Waals surface area (Å²) in [7, 11) is 2.17. The van der Waals surface area contributed by atoms with E-state index in [0.717, 1.165) is 13.1 Å². The van der Waals surface area contributed by atoms with Crippen molar-refractivity contribution in [3.63, 3.8) is 0 Å². The summed E-state index contributed by atoms with van der Waals surface area (Å²) in [5, 5.41) is 0. The van der Waals surface area contributed by atoms with E-state index in [1.54, 1.807) is 0 Å². The first-order valence-corrected chi connectivity index (χ1v) is 7.27. The minimum atomic E-state index is 0.105. The zero-order valence-electron chi connectivity index (χ0n) is 13.1. The Kier molecular flexibility index (Phi) is 3.76. The fourth-order valence-electron chi connectivity index (χ4n) is 2.54. The molecule has 0 amide bonds. The molecule has 19 heavy (non-hydrogen) atoms. The van der Waals surface area contributed by atoms with Gasteiger partial charge < -0.3 is 10.6 Å². The van der Waals surface area contributed by atoms with Gasteiger partial charge in [0, 0.05) is 18.6 Å². The van der Waals surface area contributed by atoms with Crippen molar-refractivity contribution in [3.05, 3.63) is 34.9 Å². The highest BCUT2D eigenvalue weighted by atomic mass is 15.1. The molecule has 0 unspecified atom stereocenters. The molecule has 2 rings (SSSR count). The van der Waals surface area contributed by atoms with Crippen molar-refractivity contribution in [2.24, 2.45) is 5.73 Å². The smallest absolute Gasteiger partial charge is 0.0284 e. The first-order chi connectivity index (χ1) is 8.70. The van der Waals surface area contributed by atoms with Crippen molar-refractivity contribution in [3.8, 4) is 0 Å². The van der Waals surface area contributed by atoms with Crippen molar-refractivity contribution >= 4 is 0 Å². The Balaban J connectivity index is 2.04. The van der Waals surface area contributed by atoms with E-state index in [0.29, 0.717) is 0 Å². The third-order valence-corrected chi connectivity index (χ3v) is 4.13. The van der Waals surface area contributed by atoms with E-state index in [1.807, 2.05) is 0 Å². The van der Waals surface area contributed by atoms with Gasteiger partial charge in [0.05, 0.1) is 0 Å². The molecule has 1 aromatic carbocycles. The van der Waals surface area contributed by atoms with Gasteiger partial charge in [-0.25, -0.2) is 0 Å². The van der Waals surface area contributed by atoms with E-state index in [4.69, 9.17) is 5.73 Å². The van der Waals surface area contributed by atoms with E-state index in [1.165, 1.54) is 29.5 Å². The molecule has 2 N–H and O–H groups in total. The average molecular weight is 260 g/mol. The number of rotatable bonds is 4. The molecular formula is C17H28N2. The van der Waals surface area contributed by atoms with Crippen LogP contribution in [0.1, 0.15) is 50.3 Å². The molecule has 2 nitrogen and oxygen atoms in total. The third-order valence-electron chi connectivity index (χ3n) is 4.13. The second-order valence-electron chi connectivity index (χ2n) is 7.43. The number of aryl methyl sites for hydroxylation is 1. The topological polar surface area (TPSA) is 29.3 Å². The van der Waals surface area contributed by atoms with Crippen molar-refractivity contribution < 1.29 is 0 Å². The average Bonchev–Trinajstić information content (AvgIpc) is 2.97. The van der Waals surface area contributed by atoms with Crippen molar-refractivity contribution in [1.82, 2.24) is 4.90 Å². The highest BCUT2D eigenvalue weighted by molar-refractivity contribution is 5.34. The standard InChI is InChI=1S/C17H28N2/c1-13-10-15(16(2,3)4)7-6-14(13)11-19(5)12-17(18)8-9-17/h6-7,10H,8-9,11-12,18H2,1-5H3. The molecule has 1 fully saturated rings. The van der Waals surface area contributed by atoms with E-state index in [2.05, 4.69) is 57.8 Å². The Morgan fingerprint density at radius 1 is 1.26 bits per heavy atom. The lowest BCUT2D eigenvalue weighted by molar-refractivity contribution is 0.295. The maximum Gasteiger partial charge on any atom is 0.0284 e. The Bertz CT molecular complexity index is 453. The highest BCUT2D eigenvalue weighted by Gasteiger charge is 2.38. The Morgan fingerprint density at radius 2 is 1.89 bits per heavy atom. The molecular weight excluding hydrogens is 232 g/mol. The molecule has 2 heteroatoms. The number of likely N-dealkylation sites (N-methyl/N-ethyl adjacent to an activating group) is 1. The summed E-state index contributed by atoms with van der Waals surface area (Å²) < 4.78 is 0. The number of hydrogen-bond donors (Lipinski definition) is 1. The van der Waals surface area contributed by atoms with Crippen molar-refractivity contribution in [1.29, 1.82) is 0 Å². The number of nitrogens with zero attached hydrogens (tertiary/aromatic N) is 1. The Labute approximate surface area is 118 Å². The summed E-state index contributed by atoms with van der Waals surface area (Å²) >= 11 is 0. The molecule has 1 saturated carbocycles. The fraction of sp³-hybridized carbons (Fsp3) is 0.647. The van der Waals surface area contributed by atoms with Crippen LogP contribution in [0.25, 0.3) is 0 Å². The zero-order valence-corrected chi connectivity index (χ0v) is 13.1. The van der Waals surface area contributed by atoms with Gasteiger partial charge in [0.25, 0.3) is 0 Å². The van der Waals surface area contributed by atoms with Crippen LogP contribution in [0.4, 0.5) is 0 Å². The van der Waals surface area contributed by atoms with Crippen LogP contribution in [0, 0.1) is 6.92 Å². The minimum absolute atomic E-state index is 0.105. The lowest BCUT2D eigenvalue weighted by Crippen LogP contribution is -2.36. The van der Waals surface area contributed by atoms with Gasteiger partial charge in [0.2, 0.25) is 0 Å². The molecule has 0 spiro atoms. The van der Waals surface area contributed by atoms with Crippen LogP contribution in [0.2, 0.25) is 0 Å². The summed E-state index contributed by atoms with van der Waals surface area (Å²) in [4.78, 5) is 2.35. The van der Waals surface area contributed by atoms with Gasteiger partial charge in [-0.05, 0) is 48.9 Å². The number of benzene rings is 1. The molecule has 0 aliphatic heterocycles. The number of hydrogen-bond acceptors (Lipinski definition) is 2. The van der Waals surface area contributed by atoms with Crippen LogP contribution in [-0.2, 0) is 12.0 Å². The summed E-state index contributed by atoms with van der Waals surface area (Å²) in [5.74, 6) is 0. The van der Waals surface area contributed by atoms with E-state index in [9.17, 15) is 0 Å². The highest BCUT2D eigenvalue weighted by Crippen LogP contribution is 2.33. The maximum absolute atomic E-state index is 6.18. The van der Waals surface area contributed by atoms with Gasteiger partial charge in [0.1, 0.15) is 0 Å². The largest absolute Gasteiger partial charge is 0.324 e. The van der Waals surface area contributed by atoms with Crippen LogP contribution in [-0.4, -0.2) is 24.0 Å². The van der Waals surface area contributed by atoms with Crippen LogP contribution < -0.4 is 5.73 Å². The molecule has 1 aliphatic carbocycles. The predicted octanol–water partition coefficient (Wildman–Crippen LogP) is 3.22. The third kappa shape index (κ3) is 3.80. The lowest BCUT2D eigenvalue weighted by atomic mass is 9.85. The molecule has 0 bridgehead atoms. The van der Waals surface area contributed by atoms with Crippen LogP contribution in [0.15, 0.2) is 18.2 Å². The van der Waals surface area contributed by atoms with Gasteiger partial charge in [-0.15, -0.1) is 0 Å². The second-order valence-corrected chi connectivity index (χ2v) is 7.43. The maximum atomic E-state index is 6.18. The van der Waals surface area contributed by atoms with Crippen LogP contribution in [0.5, 0.6) is 0 Å². The first-order valence-electron chi connectivity index (χ1n) is 7.27. The van der Waals surface area contributed by atoms with E-state index in [-0.39, 0.29) is 11.0 Å². The quantitative estimate of drug-likeness (QED) is 0.900. The van der Waals surface area contributed by atoms with Gasteiger partial charge in [0.15, 0.2) is 0 Å². The molecule has 1 aliphatic rings. The Morgan fingerprint density at radius 3 is 2.37 bits per heavy atom. The SMILES string of the molecule is Cc1cc(C(C)(C)C)ccc1CN(C)CC1(N)CC1. The summed E-state index contributed by atoms with van der Waals surface area (Å²) in [5.41, 5.74) is 10.7. The van der Waals surface area contributed by atoms with Gasteiger partial charge in [-0.1, -0.05) is 39.0 Å². The molecule has 0 aromatic heterocycles. The van der Waals surface area contributed by atoms with Gasteiger partial charge in [-0.2, -0.15) is 0 Å². The second kappa shape index (κ2) is 4.92. The first kappa shape index (κ1) is 14.5. The lowest BCUT2D eigenvalue weighted by Gasteiger charge is -2.24. The minimum Gasteiger partial charge on any atom is -0.324 e. The summed E-state index contributed by atoms with van der Waals surface area (Å²) in [6, 6.07) is 6.88.